The molecular weight excluding hydrogens is 685 g/mol. The van der Waals surface area contributed by atoms with Gasteiger partial charge in [0.05, 0.1) is 6.42 Å². The van der Waals surface area contributed by atoms with E-state index in [4.69, 9.17) is 14.2 Å². The maximum Gasteiger partial charge on any atom is 0.309 e. The average Bonchev–Trinajstić information content (AvgIpc) is 3.18. The van der Waals surface area contributed by atoms with Gasteiger partial charge < -0.3 is 14.2 Å². The number of unbranched alkanes of at least 4 members (excludes halogenated alkanes) is 13. The Hall–Kier alpha value is -3.67. The van der Waals surface area contributed by atoms with Gasteiger partial charge in [-0.3, -0.25) is 14.4 Å². The molecule has 0 spiro atoms. The molecule has 0 amide bonds. The van der Waals surface area contributed by atoms with Crippen molar-refractivity contribution in [3.63, 3.8) is 0 Å². The summed E-state index contributed by atoms with van der Waals surface area (Å²) in [6.45, 7) is 6.19. The van der Waals surface area contributed by atoms with Crippen molar-refractivity contribution in [3.05, 3.63) is 97.2 Å². The van der Waals surface area contributed by atoms with Crippen LogP contribution in [0.1, 0.15) is 175 Å². The van der Waals surface area contributed by atoms with Gasteiger partial charge in [-0.15, -0.1) is 0 Å². The van der Waals surface area contributed by atoms with Gasteiger partial charge in [-0.1, -0.05) is 182 Å². The third-order valence-electron chi connectivity index (χ3n) is 8.66. The zero-order chi connectivity index (χ0) is 40.1. The summed E-state index contributed by atoms with van der Waals surface area (Å²) in [6, 6.07) is 0. The minimum Gasteiger partial charge on any atom is -0.462 e. The van der Waals surface area contributed by atoms with Gasteiger partial charge in [-0.2, -0.15) is 0 Å². The van der Waals surface area contributed by atoms with Crippen LogP contribution in [0.3, 0.4) is 0 Å². The highest BCUT2D eigenvalue weighted by Crippen LogP contribution is 2.12. The zero-order valence-corrected chi connectivity index (χ0v) is 35.1. The van der Waals surface area contributed by atoms with Crippen LogP contribution < -0.4 is 0 Å². The number of allylic oxidation sites excluding steroid dienone is 15. The Morgan fingerprint density at radius 2 is 0.909 bits per heavy atom. The first-order valence-corrected chi connectivity index (χ1v) is 21.8. The summed E-state index contributed by atoms with van der Waals surface area (Å²) >= 11 is 0. The summed E-state index contributed by atoms with van der Waals surface area (Å²) in [7, 11) is 0. The van der Waals surface area contributed by atoms with Crippen LogP contribution in [0, 0.1) is 0 Å². The van der Waals surface area contributed by atoms with E-state index < -0.39 is 18.0 Å². The summed E-state index contributed by atoms with van der Waals surface area (Å²) < 4.78 is 16.5. The molecule has 0 aliphatic rings. The number of rotatable bonds is 37. The van der Waals surface area contributed by atoms with Crippen molar-refractivity contribution in [1.82, 2.24) is 0 Å². The Bertz CT molecular complexity index is 1150. The van der Waals surface area contributed by atoms with Crippen molar-refractivity contribution in [1.29, 1.82) is 0 Å². The SMILES string of the molecule is CC\C=C/C=C\C=C/CCCCCCCCCC(=O)OCC(COC(=O)C/C=C\C/C=C\C/C=C\CC)OC(=O)CC/C=C\C/C=C\CCCCCCCC. The molecule has 6 nitrogen and oxygen atoms in total. The Labute approximate surface area is 337 Å². The first-order chi connectivity index (χ1) is 27.0. The van der Waals surface area contributed by atoms with Gasteiger partial charge in [0.25, 0.3) is 0 Å². The molecule has 1 atom stereocenters. The molecule has 1 unspecified atom stereocenters. The standard InChI is InChI=1S/C49H78O6/c1-4-7-10-13-16-19-21-23-24-26-27-30-33-36-39-42-48(51)54-45-46(44-53-47(50)41-38-35-32-29-18-15-12-9-6-3)55-49(52)43-40-37-34-31-28-25-22-20-17-14-11-8-5-2/h7,9-10,12-13,16,18-19,21,25,28-29,34-35,37-38,46H,4-6,8,11,14-15,17,20,22-24,26-27,30-33,36,39-45H2,1-3H3/b10-7-,12-9-,16-13-,21-19-,28-25-,29-18-,37-34-,38-35-. The van der Waals surface area contributed by atoms with E-state index in [0.717, 1.165) is 70.6 Å². The second kappa shape index (κ2) is 43.1. The number of ether oxygens (including phenoxy) is 3. The molecule has 0 radical (unpaired) electrons. The van der Waals surface area contributed by atoms with Crippen LogP contribution in [0.5, 0.6) is 0 Å². The smallest absolute Gasteiger partial charge is 0.309 e. The molecule has 0 saturated heterocycles. The summed E-state index contributed by atoms with van der Waals surface area (Å²) in [5.74, 6) is -1.16. The molecule has 0 saturated carbocycles. The highest BCUT2D eigenvalue weighted by Gasteiger charge is 2.19. The fraction of sp³-hybridized carbons (Fsp3) is 0.612. The second-order valence-corrected chi connectivity index (χ2v) is 13.9. The van der Waals surface area contributed by atoms with Gasteiger partial charge in [0, 0.05) is 12.8 Å². The van der Waals surface area contributed by atoms with Gasteiger partial charge in [-0.25, -0.2) is 0 Å². The summed E-state index contributed by atoms with van der Waals surface area (Å²) in [5, 5.41) is 0. The number of esters is 3. The Morgan fingerprint density at radius 3 is 1.55 bits per heavy atom. The second-order valence-electron chi connectivity index (χ2n) is 13.9. The molecule has 55 heavy (non-hydrogen) atoms. The van der Waals surface area contributed by atoms with E-state index in [1.807, 2.05) is 12.2 Å². The topological polar surface area (TPSA) is 78.9 Å². The van der Waals surface area contributed by atoms with Gasteiger partial charge in [-0.05, 0) is 70.6 Å². The van der Waals surface area contributed by atoms with Crippen molar-refractivity contribution >= 4 is 17.9 Å². The lowest BCUT2D eigenvalue weighted by Gasteiger charge is -2.18. The van der Waals surface area contributed by atoms with Gasteiger partial charge in [0.2, 0.25) is 0 Å². The molecule has 6 heteroatoms. The summed E-state index contributed by atoms with van der Waals surface area (Å²) in [4.78, 5) is 37.5. The molecule has 0 heterocycles. The van der Waals surface area contributed by atoms with E-state index in [-0.39, 0.29) is 32.0 Å². The molecule has 0 aliphatic carbocycles. The zero-order valence-electron chi connectivity index (χ0n) is 35.1. The summed E-state index contributed by atoms with van der Waals surface area (Å²) in [6.07, 6.45) is 55.8. The molecule has 310 valence electrons. The first-order valence-electron chi connectivity index (χ1n) is 21.8. The van der Waals surface area contributed by atoms with Crippen LogP contribution in [0.4, 0.5) is 0 Å². The molecular formula is C49H78O6. The fourth-order valence-electron chi connectivity index (χ4n) is 5.44. The summed E-state index contributed by atoms with van der Waals surface area (Å²) in [5.41, 5.74) is 0. The maximum absolute atomic E-state index is 12.6. The number of hydrogen-bond donors (Lipinski definition) is 0. The van der Waals surface area contributed by atoms with E-state index in [1.54, 1.807) is 6.08 Å². The van der Waals surface area contributed by atoms with Gasteiger partial charge in [0.15, 0.2) is 6.10 Å². The third kappa shape index (κ3) is 41.3. The highest BCUT2D eigenvalue weighted by atomic mass is 16.6. The Kier molecular flexibility index (Phi) is 40.2. The van der Waals surface area contributed by atoms with Crippen LogP contribution >= 0.6 is 0 Å². The normalized spacial score (nSPS) is 13.0. The molecule has 0 bridgehead atoms. The third-order valence-corrected chi connectivity index (χ3v) is 8.66. The molecule has 0 aliphatic heterocycles. The van der Waals surface area contributed by atoms with E-state index in [1.165, 1.54) is 57.8 Å². The van der Waals surface area contributed by atoms with E-state index in [0.29, 0.717) is 12.8 Å². The average molecular weight is 763 g/mol. The van der Waals surface area contributed by atoms with Crippen molar-refractivity contribution < 1.29 is 28.6 Å². The van der Waals surface area contributed by atoms with Crippen LogP contribution in [0.25, 0.3) is 0 Å². The largest absolute Gasteiger partial charge is 0.462 e. The van der Waals surface area contributed by atoms with Crippen molar-refractivity contribution in [3.8, 4) is 0 Å². The molecule has 0 aromatic carbocycles. The van der Waals surface area contributed by atoms with Crippen LogP contribution in [0.15, 0.2) is 97.2 Å². The lowest BCUT2D eigenvalue weighted by molar-refractivity contribution is -0.166. The minimum atomic E-state index is -0.846. The molecule has 0 fully saturated rings. The first kappa shape index (κ1) is 51.3. The van der Waals surface area contributed by atoms with E-state index in [9.17, 15) is 14.4 Å². The Balaban J connectivity index is 4.53. The van der Waals surface area contributed by atoms with Crippen LogP contribution in [0.2, 0.25) is 0 Å². The molecule has 0 aromatic rings. The fourth-order valence-corrected chi connectivity index (χ4v) is 5.44. The van der Waals surface area contributed by atoms with Crippen molar-refractivity contribution in [2.24, 2.45) is 0 Å². The van der Waals surface area contributed by atoms with Crippen molar-refractivity contribution in [2.75, 3.05) is 13.2 Å². The number of carbonyl (C=O) groups is 3. The molecule has 0 rings (SSSR count). The monoisotopic (exact) mass is 763 g/mol. The Morgan fingerprint density at radius 1 is 0.418 bits per heavy atom. The predicted octanol–water partition coefficient (Wildman–Crippen LogP) is 13.9. The van der Waals surface area contributed by atoms with Gasteiger partial charge in [0.1, 0.15) is 13.2 Å². The van der Waals surface area contributed by atoms with Crippen LogP contribution in [-0.4, -0.2) is 37.2 Å². The number of hydrogen-bond acceptors (Lipinski definition) is 6. The molecule has 0 N–H and O–H groups in total. The van der Waals surface area contributed by atoms with E-state index in [2.05, 4.69) is 99.8 Å². The van der Waals surface area contributed by atoms with E-state index >= 15 is 0 Å². The minimum absolute atomic E-state index is 0.119. The molecule has 0 aromatic heterocycles. The van der Waals surface area contributed by atoms with Crippen molar-refractivity contribution in [2.45, 2.75) is 181 Å². The predicted molar refractivity (Wildman–Crippen MR) is 233 cm³/mol. The lowest BCUT2D eigenvalue weighted by atomic mass is 10.1. The lowest BCUT2D eigenvalue weighted by Crippen LogP contribution is -2.30. The quantitative estimate of drug-likeness (QED) is 0.0206. The highest BCUT2D eigenvalue weighted by molar-refractivity contribution is 5.72. The maximum atomic E-state index is 12.6. The van der Waals surface area contributed by atoms with Gasteiger partial charge >= 0.3 is 17.9 Å². The number of carbonyl (C=O) groups excluding carboxylic acids is 3. The van der Waals surface area contributed by atoms with Crippen LogP contribution in [-0.2, 0) is 28.6 Å².